The third-order valence-corrected chi connectivity index (χ3v) is 8.03. The average Bonchev–Trinajstić information content (AvgIpc) is 3.27. The predicted octanol–water partition coefficient (Wildman–Crippen LogP) is 9.21. The summed E-state index contributed by atoms with van der Waals surface area (Å²) < 4.78 is 6.88. The van der Waals surface area contributed by atoms with E-state index in [4.69, 9.17) is 4.74 Å². The fourth-order valence-electron chi connectivity index (χ4n) is 6.17. The molecule has 0 saturated heterocycles. The summed E-state index contributed by atoms with van der Waals surface area (Å²) in [5.41, 5.74) is 7.43. The van der Waals surface area contributed by atoms with Crippen molar-refractivity contribution in [3.8, 4) is 16.9 Å². The Labute approximate surface area is 238 Å². The van der Waals surface area contributed by atoms with E-state index in [0.29, 0.717) is 6.04 Å². The molecule has 1 heterocycles. The highest BCUT2D eigenvalue weighted by atomic mass is 16.5. The molecule has 2 nitrogen and oxygen atoms in total. The van der Waals surface area contributed by atoms with Crippen LogP contribution in [0.15, 0.2) is 152 Å². The van der Waals surface area contributed by atoms with Gasteiger partial charge in [0.2, 0.25) is 0 Å². The monoisotopic (exact) mass is 521 g/mol. The van der Waals surface area contributed by atoms with E-state index in [1.54, 1.807) is 0 Å². The molecule has 2 heteroatoms. The van der Waals surface area contributed by atoms with Crippen LogP contribution in [-0.4, -0.2) is 6.04 Å². The minimum absolute atomic E-state index is 0.363. The highest BCUT2D eigenvalue weighted by Crippen LogP contribution is 2.54. The summed E-state index contributed by atoms with van der Waals surface area (Å²) in [5, 5.41) is 3.73. The molecular weight excluding hydrogens is 486 g/mol. The molecule has 1 atom stereocenters. The average molecular weight is 522 g/mol. The molecule has 0 amide bonds. The summed E-state index contributed by atoms with van der Waals surface area (Å²) in [6.45, 7) is 8.24. The van der Waals surface area contributed by atoms with E-state index in [2.05, 4.69) is 122 Å². The summed E-state index contributed by atoms with van der Waals surface area (Å²) in [6.07, 6.45) is 23.7. The fraction of sp³-hybridized carbons (Fsp3) is 0.158. The second kappa shape index (κ2) is 11.3. The van der Waals surface area contributed by atoms with Crippen LogP contribution in [-0.2, 0) is 5.41 Å². The van der Waals surface area contributed by atoms with Gasteiger partial charge in [0, 0.05) is 23.7 Å². The van der Waals surface area contributed by atoms with Gasteiger partial charge in [0.05, 0.1) is 5.41 Å². The summed E-state index contributed by atoms with van der Waals surface area (Å²) in [7, 11) is 0. The molecule has 1 aliphatic heterocycles. The maximum absolute atomic E-state index is 6.88. The molecule has 0 spiro atoms. The maximum Gasteiger partial charge on any atom is 0.134 e. The topological polar surface area (TPSA) is 21.3 Å². The minimum atomic E-state index is -0.590. The Morgan fingerprint density at radius 1 is 0.950 bits per heavy atom. The molecule has 0 bridgehead atoms. The SMILES string of the molecule is C=C/C=C(\CC=CC1(/C2=C/C=C\C(=C)c3ccccc3O2)c2ccccc2-c2ccccc21)NC1C=CCCC1. The third-order valence-electron chi connectivity index (χ3n) is 8.03. The van der Waals surface area contributed by atoms with Crippen molar-refractivity contribution < 1.29 is 4.74 Å². The standard InChI is InChI=1S/C38H35NO/c1-3-15-29(39-30-17-5-4-6-18-30)19-14-27-38(34-23-10-7-21-32(34)33-22-8-11-24-35(33)38)37-26-13-16-28(2)31-20-9-12-25-36(31)40-37/h3,5,7-17,20-27,30,39H,1-2,4,6,18-19H2/b16-13-,27-14?,29-15+,37-26-. The first-order chi connectivity index (χ1) is 19.7. The molecular formula is C38H35NO. The maximum atomic E-state index is 6.88. The smallest absolute Gasteiger partial charge is 0.134 e. The van der Waals surface area contributed by atoms with E-state index in [0.717, 1.165) is 41.2 Å². The van der Waals surface area contributed by atoms with Crippen molar-refractivity contribution in [1.29, 1.82) is 0 Å². The van der Waals surface area contributed by atoms with E-state index < -0.39 is 5.41 Å². The number of para-hydroxylation sites is 1. The Morgan fingerprint density at radius 2 is 1.65 bits per heavy atom. The van der Waals surface area contributed by atoms with E-state index in [1.165, 1.54) is 35.1 Å². The Kier molecular flexibility index (Phi) is 7.25. The molecule has 0 fully saturated rings. The summed E-state index contributed by atoms with van der Waals surface area (Å²) >= 11 is 0. The van der Waals surface area contributed by atoms with Crippen molar-refractivity contribution in [2.75, 3.05) is 0 Å². The molecule has 0 radical (unpaired) electrons. The number of rotatable bonds is 7. The molecule has 3 aromatic carbocycles. The Balaban J connectivity index is 1.47. The molecule has 6 rings (SSSR count). The largest absolute Gasteiger partial charge is 0.459 e. The van der Waals surface area contributed by atoms with Gasteiger partial charge in [-0.15, -0.1) is 0 Å². The van der Waals surface area contributed by atoms with E-state index in [1.807, 2.05) is 24.3 Å². The van der Waals surface area contributed by atoms with Crippen LogP contribution in [0, 0.1) is 0 Å². The normalized spacial score (nSPS) is 21.2. The molecule has 1 unspecified atom stereocenters. The molecule has 0 aromatic heterocycles. The summed E-state index contributed by atoms with van der Waals surface area (Å²) in [5.74, 6) is 1.69. The van der Waals surface area contributed by atoms with E-state index in [9.17, 15) is 0 Å². The molecule has 1 N–H and O–H groups in total. The zero-order valence-corrected chi connectivity index (χ0v) is 22.9. The minimum Gasteiger partial charge on any atom is -0.459 e. The number of hydrogen-bond acceptors (Lipinski definition) is 2. The molecule has 0 saturated carbocycles. The van der Waals surface area contributed by atoms with Crippen LogP contribution in [0.2, 0.25) is 0 Å². The van der Waals surface area contributed by atoms with Crippen LogP contribution >= 0.6 is 0 Å². The fourth-order valence-corrected chi connectivity index (χ4v) is 6.17. The van der Waals surface area contributed by atoms with Gasteiger partial charge < -0.3 is 10.1 Å². The van der Waals surface area contributed by atoms with Gasteiger partial charge in [0.25, 0.3) is 0 Å². The lowest BCUT2D eigenvalue weighted by atomic mass is 9.75. The first-order valence-electron chi connectivity index (χ1n) is 14.2. The third kappa shape index (κ3) is 4.71. The summed E-state index contributed by atoms with van der Waals surface area (Å²) in [6, 6.07) is 25.9. The highest BCUT2D eigenvalue weighted by molar-refractivity contribution is 5.85. The zero-order chi connectivity index (χ0) is 27.4. The first kappa shape index (κ1) is 25.7. The van der Waals surface area contributed by atoms with Crippen LogP contribution in [0.1, 0.15) is 42.4 Å². The molecule has 198 valence electrons. The van der Waals surface area contributed by atoms with Crippen LogP contribution in [0.25, 0.3) is 16.7 Å². The lowest BCUT2D eigenvalue weighted by Gasteiger charge is -2.32. The zero-order valence-electron chi connectivity index (χ0n) is 22.9. The molecule has 2 aliphatic carbocycles. The van der Waals surface area contributed by atoms with Crippen molar-refractivity contribution >= 4 is 5.57 Å². The van der Waals surface area contributed by atoms with Gasteiger partial charge in [-0.2, -0.15) is 0 Å². The van der Waals surface area contributed by atoms with Gasteiger partial charge in [-0.1, -0.05) is 122 Å². The Hall–Kier alpha value is -4.56. The predicted molar refractivity (Wildman–Crippen MR) is 168 cm³/mol. The van der Waals surface area contributed by atoms with Crippen LogP contribution in [0.5, 0.6) is 5.75 Å². The lowest BCUT2D eigenvalue weighted by Crippen LogP contribution is -2.29. The van der Waals surface area contributed by atoms with Crippen molar-refractivity contribution in [1.82, 2.24) is 5.32 Å². The van der Waals surface area contributed by atoms with Gasteiger partial charge in [-0.3, -0.25) is 0 Å². The number of ether oxygens (including phenoxy) is 1. The van der Waals surface area contributed by atoms with Crippen LogP contribution in [0.4, 0.5) is 0 Å². The van der Waals surface area contributed by atoms with Crippen LogP contribution in [0.3, 0.4) is 0 Å². The van der Waals surface area contributed by atoms with Crippen molar-refractivity contribution in [3.05, 3.63) is 169 Å². The second-order valence-electron chi connectivity index (χ2n) is 10.6. The van der Waals surface area contributed by atoms with Crippen molar-refractivity contribution in [2.24, 2.45) is 0 Å². The lowest BCUT2D eigenvalue weighted by molar-refractivity contribution is 0.368. The number of nitrogens with one attached hydrogen (secondary N) is 1. The number of hydrogen-bond donors (Lipinski definition) is 1. The molecule has 3 aromatic rings. The number of allylic oxidation sites excluding steroid dienone is 9. The second-order valence-corrected chi connectivity index (χ2v) is 10.6. The molecule has 40 heavy (non-hydrogen) atoms. The number of fused-ring (bicyclic) bond motifs is 4. The van der Waals surface area contributed by atoms with E-state index in [-0.39, 0.29) is 0 Å². The number of benzene rings is 3. The van der Waals surface area contributed by atoms with Gasteiger partial charge in [0.15, 0.2) is 0 Å². The van der Waals surface area contributed by atoms with Gasteiger partial charge >= 0.3 is 0 Å². The van der Waals surface area contributed by atoms with Gasteiger partial charge in [0.1, 0.15) is 11.5 Å². The highest BCUT2D eigenvalue weighted by Gasteiger charge is 2.45. The molecule has 3 aliphatic rings. The van der Waals surface area contributed by atoms with Crippen molar-refractivity contribution in [2.45, 2.75) is 37.1 Å². The first-order valence-corrected chi connectivity index (χ1v) is 14.2. The Bertz CT molecular complexity index is 1550. The van der Waals surface area contributed by atoms with Crippen LogP contribution < -0.4 is 10.1 Å². The van der Waals surface area contributed by atoms with E-state index >= 15 is 0 Å². The Morgan fingerprint density at radius 3 is 2.35 bits per heavy atom. The summed E-state index contributed by atoms with van der Waals surface area (Å²) in [4.78, 5) is 0. The quantitative estimate of drug-likeness (QED) is 0.247. The van der Waals surface area contributed by atoms with Crippen molar-refractivity contribution in [3.63, 3.8) is 0 Å². The van der Waals surface area contributed by atoms with Gasteiger partial charge in [-0.05, 0) is 65.3 Å². The van der Waals surface area contributed by atoms with Gasteiger partial charge in [-0.25, -0.2) is 0 Å².